The van der Waals surface area contributed by atoms with E-state index < -0.39 is 18.5 Å². The van der Waals surface area contributed by atoms with Gasteiger partial charge in [-0.15, -0.1) is 0 Å². The normalized spacial score (nSPS) is 10.5. The molecule has 0 aromatic carbocycles. The van der Waals surface area contributed by atoms with Crippen molar-refractivity contribution in [2.75, 3.05) is 11.9 Å². The zero-order valence-corrected chi connectivity index (χ0v) is 11.9. The molecule has 1 heterocycles. The van der Waals surface area contributed by atoms with Gasteiger partial charge in [0.05, 0.1) is 10.0 Å². The molecule has 5 nitrogen and oxygen atoms in total. The van der Waals surface area contributed by atoms with Crippen molar-refractivity contribution in [3.05, 3.63) is 34.0 Å². The summed E-state index contributed by atoms with van der Waals surface area (Å²) in [4.78, 5) is 26.4. The SMILES string of the molecule is CC=CC(=O)OCC(=O)Nc1ncc(Cl)c(C)c1Cl. The smallest absolute Gasteiger partial charge is 0.330 e. The highest BCUT2D eigenvalue weighted by atomic mass is 35.5. The lowest BCUT2D eigenvalue weighted by atomic mass is 10.3. The minimum Gasteiger partial charge on any atom is -0.452 e. The molecule has 0 aliphatic rings. The first kappa shape index (κ1) is 15.5. The first-order valence-corrected chi connectivity index (χ1v) is 6.11. The summed E-state index contributed by atoms with van der Waals surface area (Å²) in [6, 6.07) is 0. The first-order valence-electron chi connectivity index (χ1n) is 5.35. The zero-order valence-electron chi connectivity index (χ0n) is 10.4. The van der Waals surface area contributed by atoms with Crippen molar-refractivity contribution in [3.63, 3.8) is 0 Å². The fraction of sp³-hybridized carbons (Fsp3) is 0.250. The van der Waals surface area contributed by atoms with Crippen LogP contribution in [0.15, 0.2) is 18.3 Å². The van der Waals surface area contributed by atoms with E-state index in [1.54, 1.807) is 13.8 Å². The van der Waals surface area contributed by atoms with Crippen LogP contribution < -0.4 is 5.32 Å². The number of carbonyl (C=O) groups excluding carboxylic acids is 2. The molecule has 0 bridgehead atoms. The van der Waals surface area contributed by atoms with Crippen LogP contribution in [0.1, 0.15) is 12.5 Å². The molecule has 102 valence electrons. The van der Waals surface area contributed by atoms with Crippen LogP contribution >= 0.6 is 23.2 Å². The lowest BCUT2D eigenvalue weighted by molar-refractivity contribution is -0.142. The van der Waals surface area contributed by atoms with Crippen LogP contribution in [0.25, 0.3) is 0 Å². The average molecular weight is 303 g/mol. The van der Waals surface area contributed by atoms with Gasteiger partial charge in [-0.2, -0.15) is 0 Å². The van der Waals surface area contributed by atoms with Crippen LogP contribution in [-0.2, 0) is 14.3 Å². The molecule has 1 aromatic heterocycles. The number of pyridine rings is 1. The molecule has 1 rings (SSSR count). The standard InChI is InChI=1S/C12H12Cl2N2O3/c1-3-4-10(18)19-6-9(17)16-12-11(14)7(2)8(13)5-15-12/h3-5H,6H2,1-2H3,(H,15,16,17). The van der Waals surface area contributed by atoms with E-state index in [1.165, 1.54) is 18.3 Å². The number of aromatic nitrogens is 1. The number of esters is 1. The second-order valence-electron chi connectivity index (χ2n) is 3.55. The molecular formula is C12H12Cl2N2O3. The predicted molar refractivity (Wildman–Crippen MR) is 73.4 cm³/mol. The second kappa shape index (κ2) is 7.11. The largest absolute Gasteiger partial charge is 0.452 e. The lowest BCUT2D eigenvalue weighted by Gasteiger charge is -2.08. The van der Waals surface area contributed by atoms with Gasteiger partial charge >= 0.3 is 5.97 Å². The Morgan fingerprint density at radius 3 is 2.79 bits per heavy atom. The predicted octanol–water partition coefficient (Wildman–Crippen LogP) is 2.75. The number of halogens is 2. The molecule has 19 heavy (non-hydrogen) atoms. The van der Waals surface area contributed by atoms with E-state index in [2.05, 4.69) is 15.0 Å². The van der Waals surface area contributed by atoms with Gasteiger partial charge in [0.25, 0.3) is 5.91 Å². The molecule has 0 aliphatic heterocycles. The van der Waals surface area contributed by atoms with Crippen molar-refractivity contribution in [1.82, 2.24) is 4.98 Å². The summed E-state index contributed by atoms with van der Waals surface area (Å²) >= 11 is 11.8. The van der Waals surface area contributed by atoms with Gasteiger partial charge in [-0.1, -0.05) is 29.3 Å². The van der Waals surface area contributed by atoms with E-state index >= 15 is 0 Å². The van der Waals surface area contributed by atoms with E-state index in [9.17, 15) is 9.59 Å². The molecule has 0 saturated heterocycles. The van der Waals surface area contributed by atoms with Gasteiger partial charge < -0.3 is 10.1 Å². The van der Waals surface area contributed by atoms with Crippen LogP contribution in [0.5, 0.6) is 0 Å². The van der Waals surface area contributed by atoms with Crippen molar-refractivity contribution < 1.29 is 14.3 Å². The topological polar surface area (TPSA) is 68.3 Å². The van der Waals surface area contributed by atoms with E-state index in [1.807, 2.05) is 0 Å². The van der Waals surface area contributed by atoms with Gasteiger partial charge in [0, 0.05) is 12.3 Å². The van der Waals surface area contributed by atoms with Gasteiger partial charge in [-0.25, -0.2) is 9.78 Å². The van der Waals surface area contributed by atoms with Crippen molar-refractivity contribution in [2.45, 2.75) is 13.8 Å². The summed E-state index contributed by atoms with van der Waals surface area (Å²) in [5.74, 6) is -0.950. The van der Waals surface area contributed by atoms with E-state index in [0.717, 1.165) is 0 Å². The summed E-state index contributed by atoms with van der Waals surface area (Å²) < 4.78 is 4.68. The lowest BCUT2D eigenvalue weighted by Crippen LogP contribution is -2.21. The highest BCUT2D eigenvalue weighted by molar-refractivity contribution is 6.37. The number of nitrogens with one attached hydrogen (secondary N) is 1. The molecular weight excluding hydrogens is 291 g/mol. The zero-order chi connectivity index (χ0) is 14.4. The van der Waals surface area contributed by atoms with Gasteiger partial charge in [-0.3, -0.25) is 4.79 Å². The summed E-state index contributed by atoms with van der Waals surface area (Å²) in [5.41, 5.74) is 0.611. The quantitative estimate of drug-likeness (QED) is 0.686. The number of anilines is 1. The maximum absolute atomic E-state index is 11.5. The molecule has 0 spiro atoms. The molecule has 1 amide bonds. The molecule has 1 N–H and O–H groups in total. The highest BCUT2D eigenvalue weighted by Crippen LogP contribution is 2.28. The van der Waals surface area contributed by atoms with Crippen LogP contribution in [0, 0.1) is 6.92 Å². The monoisotopic (exact) mass is 302 g/mol. The fourth-order valence-electron chi connectivity index (χ4n) is 1.13. The fourth-order valence-corrected chi connectivity index (χ4v) is 1.52. The molecule has 1 aromatic rings. The van der Waals surface area contributed by atoms with E-state index in [-0.39, 0.29) is 10.8 Å². The van der Waals surface area contributed by atoms with Gasteiger partial charge in [0.15, 0.2) is 12.4 Å². The van der Waals surface area contributed by atoms with Crippen molar-refractivity contribution in [3.8, 4) is 0 Å². The van der Waals surface area contributed by atoms with Crippen LogP contribution in [0.2, 0.25) is 10.0 Å². The first-order chi connectivity index (χ1) is 8.95. The Labute approximate surface area is 120 Å². The summed E-state index contributed by atoms with van der Waals surface area (Å²) in [7, 11) is 0. The minimum atomic E-state index is -0.594. The Hall–Kier alpha value is -1.59. The maximum Gasteiger partial charge on any atom is 0.330 e. The Balaban J connectivity index is 2.63. The molecule has 0 saturated carbocycles. The van der Waals surface area contributed by atoms with Crippen molar-refractivity contribution in [2.24, 2.45) is 0 Å². The summed E-state index contributed by atoms with van der Waals surface area (Å²) in [5, 5.41) is 3.09. The van der Waals surface area contributed by atoms with Gasteiger partial charge in [-0.05, 0) is 19.4 Å². The number of hydrogen-bond acceptors (Lipinski definition) is 4. The van der Waals surface area contributed by atoms with E-state index in [4.69, 9.17) is 23.2 Å². The number of carbonyl (C=O) groups is 2. The molecule has 7 heteroatoms. The molecule has 0 fully saturated rings. The van der Waals surface area contributed by atoms with Crippen LogP contribution in [-0.4, -0.2) is 23.5 Å². The van der Waals surface area contributed by atoms with Gasteiger partial charge in [0.2, 0.25) is 0 Å². The molecule has 0 aliphatic carbocycles. The third-order valence-electron chi connectivity index (χ3n) is 2.11. The number of nitrogens with zero attached hydrogens (tertiary/aromatic N) is 1. The third-order valence-corrected chi connectivity index (χ3v) is 2.95. The third kappa shape index (κ3) is 4.54. The van der Waals surface area contributed by atoms with Crippen LogP contribution in [0.3, 0.4) is 0 Å². The average Bonchev–Trinajstić information content (AvgIpc) is 2.37. The Morgan fingerprint density at radius 1 is 1.47 bits per heavy atom. The van der Waals surface area contributed by atoms with Gasteiger partial charge in [0.1, 0.15) is 0 Å². The molecule has 0 unspecified atom stereocenters. The molecule has 0 radical (unpaired) electrons. The molecule has 0 atom stereocenters. The number of ether oxygens (including phenoxy) is 1. The number of rotatable bonds is 4. The van der Waals surface area contributed by atoms with E-state index in [0.29, 0.717) is 10.6 Å². The van der Waals surface area contributed by atoms with Crippen molar-refractivity contribution in [1.29, 1.82) is 0 Å². The Bertz CT molecular complexity index is 530. The Morgan fingerprint density at radius 2 is 2.16 bits per heavy atom. The number of hydrogen-bond donors (Lipinski definition) is 1. The summed E-state index contributed by atoms with van der Waals surface area (Å²) in [6.07, 6.45) is 4.11. The number of allylic oxidation sites excluding steroid dienone is 1. The minimum absolute atomic E-state index is 0.177. The summed E-state index contributed by atoms with van der Waals surface area (Å²) in [6.45, 7) is 2.96. The highest BCUT2D eigenvalue weighted by Gasteiger charge is 2.12. The van der Waals surface area contributed by atoms with Crippen molar-refractivity contribution >= 4 is 40.9 Å². The number of amides is 1. The second-order valence-corrected chi connectivity index (χ2v) is 4.33. The van der Waals surface area contributed by atoms with Crippen LogP contribution in [0.4, 0.5) is 5.82 Å². The Kier molecular flexibility index (Phi) is 5.79. The maximum atomic E-state index is 11.5.